The molecule has 9 heteroatoms. The Balaban J connectivity index is 2.18. The van der Waals surface area contributed by atoms with Crippen LogP contribution in [0.1, 0.15) is 5.56 Å². The zero-order valence-corrected chi connectivity index (χ0v) is 16.3. The second-order valence-corrected chi connectivity index (χ2v) is 5.53. The van der Waals surface area contributed by atoms with Crippen LogP contribution in [0.15, 0.2) is 36.4 Å². The van der Waals surface area contributed by atoms with Crippen LogP contribution in [0.2, 0.25) is 0 Å². The van der Waals surface area contributed by atoms with Crippen LogP contribution in [-0.4, -0.2) is 41.0 Å². The standard InChI is InChI=1S/C20H21F2NO6/c1-25-14-7-6-13(11-15(14)29-20(21)22)23-18(24)8-5-12-9-16(26-2)19(28-4)17(10-12)27-3/h5-11,20H,1-4H3,(H,23,24)/b8-5+. The number of methoxy groups -OCH3 is 4. The summed E-state index contributed by atoms with van der Waals surface area (Å²) in [5, 5.41) is 2.56. The minimum Gasteiger partial charge on any atom is -0.493 e. The number of anilines is 1. The van der Waals surface area contributed by atoms with Crippen molar-refractivity contribution >= 4 is 17.7 Å². The van der Waals surface area contributed by atoms with Gasteiger partial charge in [-0.25, -0.2) is 0 Å². The van der Waals surface area contributed by atoms with Crippen molar-refractivity contribution in [1.82, 2.24) is 0 Å². The molecule has 7 nitrogen and oxygen atoms in total. The maximum Gasteiger partial charge on any atom is 0.387 e. The summed E-state index contributed by atoms with van der Waals surface area (Å²) in [5.74, 6) is 0.769. The lowest BCUT2D eigenvalue weighted by atomic mass is 10.1. The third-order valence-electron chi connectivity index (χ3n) is 3.76. The lowest BCUT2D eigenvalue weighted by molar-refractivity contribution is -0.111. The van der Waals surface area contributed by atoms with E-state index >= 15 is 0 Å². The molecule has 0 heterocycles. The van der Waals surface area contributed by atoms with Crippen molar-refractivity contribution in [3.63, 3.8) is 0 Å². The molecule has 0 spiro atoms. The highest BCUT2D eigenvalue weighted by Crippen LogP contribution is 2.38. The Hall–Kier alpha value is -3.49. The maximum absolute atomic E-state index is 12.5. The van der Waals surface area contributed by atoms with Gasteiger partial charge in [0.1, 0.15) is 0 Å². The van der Waals surface area contributed by atoms with Crippen LogP contribution in [0, 0.1) is 0 Å². The fourth-order valence-electron chi connectivity index (χ4n) is 2.50. The normalized spacial score (nSPS) is 10.7. The van der Waals surface area contributed by atoms with Crippen molar-refractivity contribution in [2.24, 2.45) is 0 Å². The SMILES string of the molecule is COc1ccc(NC(=O)/C=C/c2cc(OC)c(OC)c(OC)c2)cc1OC(F)F. The number of carbonyl (C=O) groups is 1. The first kappa shape index (κ1) is 21.8. The number of hydrogen-bond acceptors (Lipinski definition) is 6. The molecule has 2 aromatic carbocycles. The molecule has 0 atom stereocenters. The number of alkyl halides is 2. The van der Waals surface area contributed by atoms with E-state index < -0.39 is 12.5 Å². The first-order valence-electron chi connectivity index (χ1n) is 8.33. The average Bonchev–Trinajstić information content (AvgIpc) is 2.71. The van der Waals surface area contributed by atoms with Gasteiger partial charge in [0.25, 0.3) is 0 Å². The summed E-state index contributed by atoms with van der Waals surface area (Å²) in [6, 6.07) is 7.51. The van der Waals surface area contributed by atoms with Gasteiger partial charge in [0.05, 0.1) is 28.4 Å². The van der Waals surface area contributed by atoms with E-state index in [4.69, 9.17) is 18.9 Å². The molecule has 1 amide bonds. The summed E-state index contributed by atoms with van der Waals surface area (Å²) in [4.78, 5) is 12.2. The van der Waals surface area contributed by atoms with E-state index in [1.165, 1.54) is 52.7 Å². The molecule has 156 valence electrons. The Morgan fingerprint density at radius 1 is 0.897 bits per heavy atom. The van der Waals surface area contributed by atoms with Gasteiger partial charge in [-0.1, -0.05) is 0 Å². The van der Waals surface area contributed by atoms with Gasteiger partial charge < -0.3 is 29.0 Å². The van der Waals surface area contributed by atoms with Crippen LogP contribution in [0.3, 0.4) is 0 Å². The van der Waals surface area contributed by atoms with E-state index in [1.54, 1.807) is 18.2 Å². The molecule has 0 aliphatic heterocycles. The minimum absolute atomic E-state index is 0.122. The van der Waals surface area contributed by atoms with Gasteiger partial charge in [-0.3, -0.25) is 4.79 Å². The zero-order valence-electron chi connectivity index (χ0n) is 16.3. The van der Waals surface area contributed by atoms with Crippen molar-refractivity contribution in [2.45, 2.75) is 6.61 Å². The second-order valence-electron chi connectivity index (χ2n) is 5.53. The topological polar surface area (TPSA) is 75.3 Å². The third-order valence-corrected chi connectivity index (χ3v) is 3.76. The number of benzene rings is 2. The smallest absolute Gasteiger partial charge is 0.387 e. The number of halogens is 2. The Morgan fingerprint density at radius 3 is 2.03 bits per heavy atom. The van der Waals surface area contributed by atoms with Gasteiger partial charge in [-0.2, -0.15) is 8.78 Å². The maximum atomic E-state index is 12.5. The lowest BCUT2D eigenvalue weighted by Crippen LogP contribution is -2.09. The number of carbonyl (C=O) groups excluding carboxylic acids is 1. The number of ether oxygens (including phenoxy) is 5. The first-order chi connectivity index (χ1) is 13.9. The summed E-state index contributed by atoms with van der Waals surface area (Å²) in [6.45, 7) is -3.02. The summed E-state index contributed by atoms with van der Waals surface area (Å²) in [5.41, 5.74) is 0.895. The Labute approximate surface area is 166 Å². The van der Waals surface area contributed by atoms with Gasteiger partial charge in [-0.05, 0) is 35.9 Å². The zero-order chi connectivity index (χ0) is 21.4. The van der Waals surface area contributed by atoms with Gasteiger partial charge in [0, 0.05) is 17.8 Å². The fraction of sp³-hybridized carbons (Fsp3) is 0.250. The third kappa shape index (κ3) is 5.74. The van der Waals surface area contributed by atoms with E-state index in [0.29, 0.717) is 22.8 Å². The van der Waals surface area contributed by atoms with Crippen molar-refractivity contribution in [3.05, 3.63) is 42.0 Å². The van der Waals surface area contributed by atoms with Crippen LogP contribution < -0.4 is 29.0 Å². The first-order valence-corrected chi connectivity index (χ1v) is 8.33. The molecule has 0 bridgehead atoms. The van der Waals surface area contributed by atoms with Crippen LogP contribution in [0.25, 0.3) is 6.08 Å². The summed E-state index contributed by atoms with van der Waals surface area (Å²) >= 11 is 0. The van der Waals surface area contributed by atoms with Crippen molar-refractivity contribution in [1.29, 1.82) is 0 Å². The monoisotopic (exact) mass is 409 g/mol. The summed E-state index contributed by atoms with van der Waals surface area (Å²) < 4.78 is 50.1. The molecule has 1 N–H and O–H groups in total. The Morgan fingerprint density at radius 2 is 1.52 bits per heavy atom. The molecule has 2 aromatic rings. The van der Waals surface area contributed by atoms with E-state index in [-0.39, 0.29) is 17.2 Å². The molecule has 0 fully saturated rings. The van der Waals surface area contributed by atoms with Gasteiger partial charge in [-0.15, -0.1) is 0 Å². The number of nitrogens with one attached hydrogen (secondary N) is 1. The molecule has 2 rings (SSSR count). The highest BCUT2D eigenvalue weighted by Gasteiger charge is 2.13. The van der Waals surface area contributed by atoms with Crippen LogP contribution in [0.4, 0.5) is 14.5 Å². The van der Waals surface area contributed by atoms with Gasteiger partial charge in [0.2, 0.25) is 11.7 Å². The van der Waals surface area contributed by atoms with E-state index in [9.17, 15) is 13.6 Å². The molecule has 0 aliphatic carbocycles. The molecule has 29 heavy (non-hydrogen) atoms. The Kier molecular flexibility index (Phi) is 7.64. The number of hydrogen-bond donors (Lipinski definition) is 1. The van der Waals surface area contributed by atoms with Crippen LogP contribution in [-0.2, 0) is 4.79 Å². The highest BCUT2D eigenvalue weighted by atomic mass is 19.3. The molecule has 0 unspecified atom stereocenters. The quantitative estimate of drug-likeness (QED) is 0.632. The summed E-state index contributed by atoms with van der Waals surface area (Å²) in [7, 11) is 5.79. The van der Waals surface area contributed by atoms with Crippen molar-refractivity contribution in [3.8, 4) is 28.7 Å². The second kappa shape index (κ2) is 10.2. The molecule has 0 radical (unpaired) electrons. The van der Waals surface area contributed by atoms with Crippen LogP contribution >= 0.6 is 0 Å². The van der Waals surface area contributed by atoms with E-state index in [2.05, 4.69) is 10.1 Å². The predicted molar refractivity (Wildman–Crippen MR) is 103 cm³/mol. The summed E-state index contributed by atoms with van der Waals surface area (Å²) in [6.07, 6.45) is 2.82. The molecule has 0 aromatic heterocycles. The average molecular weight is 409 g/mol. The molecular formula is C20H21F2NO6. The molecule has 0 saturated carbocycles. The Bertz CT molecular complexity index is 860. The predicted octanol–water partition coefficient (Wildman–Crippen LogP) is 3.97. The van der Waals surface area contributed by atoms with E-state index in [1.807, 2.05) is 0 Å². The van der Waals surface area contributed by atoms with Crippen molar-refractivity contribution < 1.29 is 37.3 Å². The largest absolute Gasteiger partial charge is 0.493 e. The van der Waals surface area contributed by atoms with Crippen molar-refractivity contribution in [2.75, 3.05) is 33.8 Å². The molecule has 0 aliphatic rings. The lowest BCUT2D eigenvalue weighted by Gasteiger charge is -2.13. The van der Waals surface area contributed by atoms with Crippen LogP contribution in [0.5, 0.6) is 28.7 Å². The minimum atomic E-state index is -3.02. The van der Waals surface area contributed by atoms with Gasteiger partial charge in [0.15, 0.2) is 23.0 Å². The number of amides is 1. The van der Waals surface area contributed by atoms with E-state index in [0.717, 1.165) is 0 Å². The number of rotatable bonds is 9. The fourth-order valence-corrected chi connectivity index (χ4v) is 2.50. The van der Waals surface area contributed by atoms with Gasteiger partial charge >= 0.3 is 6.61 Å². The molecule has 0 saturated heterocycles. The molecular weight excluding hydrogens is 388 g/mol. The highest BCUT2D eigenvalue weighted by molar-refractivity contribution is 6.02.